The number of hydrogen-bond acceptors (Lipinski definition) is 4. The highest BCUT2D eigenvalue weighted by Crippen LogP contribution is 2.30. The Balaban J connectivity index is 3.07. The number of ether oxygens (including phenoxy) is 1. The first kappa shape index (κ1) is 14.9. The molecule has 0 spiro atoms. The molecule has 1 heterocycles. The lowest BCUT2D eigenvalue weighted by Gasteiger charge is -2.47. The molecule has 0 bridgehead atoms. The van der Waals surface area contributed by atoms with Gasteiger partial charge in [0.25, 0.3) is 5.91 Å². The number of amides is 2. The summed E-state index contributed by atoms with van der Waals surface area (Å²) in [6.45, 7) is 7.07. The number of allylic oxidation sites excluding steroid dienone is 1. The Morgan fingerprint density at radius 3 is 2.58 bits per heavy atom. The van der Waals surface area contributed by atoms with Gasteiger partial charge in [0.1, 0.15) is 11.7 Å². The molecule has 1 N–H and O–H groups in total. The minimum atomic E-state index is -0.616. The van der Waals surface area contributed by atoms with Crippen LogP contribution in [0.15, 0.2) is 23.9 Å². The number of β-lactam (4-membered cyclic amide) rings is 1. The van der Waals surface area contributed by atoms with Gasteiger partial charge in [0, 0.05) is 0 Å². The van der Waals surface area contributed by atoms with Crippen molar-refractivity contribution in [1.82, 2.24) is 10.2 Å². The molecule has 1 aliphatic heterocycles. The number of methoxy groups -OCH3 is 1. The maximum atomic E-state index is 12.0. The average molecular weight is 266 g/mol. The third-order valence-electron chi connectivity index (χ3n) is 2.97. The molecule has 6 heteroatoms. The fraction of sp³-hybridized carbons (Fsp3) is 0.462. The lowest BCUT2D eigenvalue weighted by Crippen LogP contribution is -2.69. The molecular formula is C13H18N2O4. The van der Waals surface area contributed by atoms with E-state index in [2.05, 4.69) is 11.9 Å². The molecule has 1 fully saturated rings. The van der Waals surface area contributed by atoms with E-state index in [4.69, 9.17) is 4.74 Å². The van der Waals surface area contributed by atoms with Crippen LogP contribution >= 0.6 is 0 Å². The molecule has 6 nitrogen and oxygen atoms in total. The minimum absolute atomic E-state index is 0.225. The van der Waals surface area contributed by atoms with Crippen molar-refractivity contribution in [1.29, 1.82) is 0 Å². The highest BCUT2D eigenvalue weighted by Gasteiger charge is 2.49. The predicted molar refractivity (Wildman–Crippen MR) is 68.8 cm³/mol. The van der Waals surface area contributed by atoms with Crippen molar-refractivity contribution in [2.45, 2.75) is 32.4 Å². The number of carbonyl (C=O) groups excluding carboxylic acids is 3. The summed E-state index contributed by atoms with van der Waals surface area (Å²) in [6, 6.07) is -0.922. The Hall–Kier alpha value is -2.11. The Labute approximate surface area is 112 Å². The first-order valence-electron chi connectivity index (χ1n) is 5.89. The number of carbonyl (C=O) groups is 3. The summed E-state index contributed by atoms with van der Waals surface area (Å²) in [5.41, 5.74) is 0.905. The fourth-order valence-electron chi connectivity index (χ4n) is 2.13. The van der Waals surface area contributed by atoms with Crippen molar-refractivity contribution >= 4 is 18.3 Å². The van der Waals surface area contributed by atoms with E-state index < -0.39 is 12.0 Å². The van der Waals surface area contributed by atoms with Crippen LogP contribution < -0.4 is 5.32 Å². The highest BCUT2D eigenvalue weighted by atomic mass is 16.5. The maximum absolute atomic E-state index is 12.0. The second-order valence-corrected chi connectivity index (χ2v) is 4.40. The summed E-state index contributed by atoms with van der Waals surface area (Å²) >= 11 is 0. The predicted octanol–water partition coefficient (Wildman–Crippen LogP) is 0.355. The van der Waals surface area contributed by atoms with E-state index in [1.165, 1.54) is 12.0 Å². The number of hydrogen-bond donors (Lipinski definition) is 1. The number of rotatable bonds is 6. The van der Waals surface area contributed by atoms with Gasteiger partial charge in [0.15, 0.2) is 0 Å². The van der Waals surface area contributed by atoms with E-state index in [1.54, 1.807) is 19.9 Å². The number of likely N-dealkylation sites (tertiary alicyclic amines) is 1. The largest absolute Gasteiger partial charge is 0.464 e. The van der Waals surface area contributed by atoms with Crippen LogP contribution in [0.4, 0.5) is 0 Å². The maximum Gasteiger partial charge on any atom is 0.354 e. The van der Waals surface area contributed by atoms with Crippen LogP contribution in [0.25, 0.3) is 0 Å². The Kier molecular flexibility index (Phi) is 4.86. The lowest BCUT2D eigenvalue weighted by molar-refractivity contribution is -0.154. The van der Waals surface area contributed by atoms with Gasteiger partial charge in [-0.1, -0.05) is 6.08 Å². The van der Waals surface area contributed by atoms with Gasteiger partial charge in [-0.2, -0.15) is 0 Å². The monoisotopic (exact) mass is 266 g/mol. The molecule has 104 valence electrons. The minimum Gasteiger partial charge on any atom is -0.464 e. The van der Waals surface area contributed by atoms with Crippen LogP contribution in [0.1, 0.15) is 20.3 Å². The van der Waals surface area contributed by atoms with Crippen LogP contribution in [0.5, 0.6) is 0 Å². The molecule has 2 amide bonds. The molecule has 0 saturated carbocycles. The molecule has 0 radical (unpaired) electrons. The summed E-state index contributed by atoms with van der Waals surface area (Å²) in [5.74, 6) is -0.882. The molecule has 1 aliphatic rings. The Morgan fingerprint density at radius 2 is 2.16 bits per heavy atom. The molecule has 1 rings (SSSR count). The zero-order valence-corrected chi connectivity index (χ0v) is 11.3. The standard InChI is InChI=1S/C13H18N2O4/c1-5-6-9-10(14-7-16)12(17)15(9)11(8(2)3)13(18)19-4/h5,7,9-10H,1,6H2,2-4H3,(H,14,16)/t9-,10-/m1/s1. The van der Waals surface area contributed by atoms with Gasteiger partial charge < -0.3 is 10.1 Å². The molecule has 0 unspecified atom stereocenters. The first-order valence-corrected chi connectivity index (χ1v) is 5.89. The third kappa shape index (κ3) is 2.67. The van der Waals surface area contributed by atoms with Gasteiger partial charge >= 0.3 is 5.97 Å². The molecule has 0 aromatic heterocycles. The van der Waals surface area contributed by atoms with Gasteiger partial charge in [-0.05, 0) is 25.8 Å². The summed E-state index contributed by atoms with van der Waals surface area (Å²) in [6.07, 6.45) is 2.60. The van der Waals surface area contributed by atoms with Crippen molar-refractivity contribution in [2.24, 2.45) is 0 Å². The zero-order chi connectivity index (χ0) is 14.6. The van der Waals surface area contributed by atoms with Crippen LogP contribution in [0.3, 0.4) is 0 Å². The van der Waals surface area contributed by atoms with Crippen LogP contribution in [0, 0.1) is 0 Å². The summed E-state index contributed by atoms with van der Waals surface area (Å²) in [5, 5.41) is 2.45. The molecular weight excluding hydrogens is 248 g/mol. The van der Waals surface area contributed by atoms with Gasteiger partial charge in [-0.15, -0.1) is 6.58 Å². The summed E-state index contributed by atoms with van der Waals surface area (Å²) < 4.78 is 4.69. The van der Waals surface area contributed by atoms with Crippen molar-refractivity contribution in [3.63, 3.8) is 0 Å². The van der Waals surface area contributed by atoms with E-state index in [1.807, 2.05) is 0 Å². The Bertz CT molecular complexity index is 438. The van der Waals surface area contributed by atoms with Crippen molar-refractivity contribution in [2.75, 3.05) is 7.11 Å². The van der Waals surface area contributed by atoms with Crippen molar-refractivity contribution < 1.29 is 19.1 Å². The lowest BCUT2D eigenvalue weighted by atomic mass is 9.90. The van der Waals surface area contributed by atoms with Gasteiger partial charge in [0.05, 0.1) is 13.2 Å². The molecule has 0 aromatic rings. The van der Waals surface area contributed by atoms with E-state index in [0.717, 1.165) is 0 Å². The molecule has 0 aromatic carbocycles. The van der Waals surface area contributed by atoms with E-state index >= 15 is 0 Å². The zero-order valence-electron chi connectivity index (χ0n) is 11.3. The Morgan fingerprint density at radius 1 is 1.53 bits per heavy atom. The normalized spacial score (nSPS) is 21.2. The average Bonchev–Trinajstić information content (AvgIpc) is 2.39. The molecule has 0 aliphatic carbocycles. The summed E-state index contributed by atoms with van der Waals surface area (Å²) in [4.78, 5) is 35.6. The second-order valence-electron chi connectivity index (χ2n) is 4.40. The van der Waals surface area contributed by atoms with E-state index in [9.17, 15) is 14.4 Å². The number of nitrogens with one attached hydrogen (secondary N) is 1. The van der Waals surface area contributed by atoms with Gasteiger partial charge in [0.2, 0.25) is 6.41 Å². The quantitative estimate of drug-likeness (QED) is 0.247. The van der Waals surface area contributed by atoms with Crippen LogP contribution in [0.2, 0.25) is 0 Å². The number of esters is 1. The molecule has 1 saturated heterocycles. The van der Waals surface area contributed by atoms with Crippen LogP contribution in [-0.4, -0.2) is 42.4 Å². The SMILES string of the molecule is C=CC[C@@H]1[C@@H](NC=O)C(=O)N1C(C(=O)OC)=C(C)C. The smallest absolute Gasteiger partial charge is 0.354 e. The van der Waals surface area contributed by atoms with Gasteiger partial charge in [-0.25, -0.2) is 4.79 Å². The second kappa shape index (κ2) is 6.17. The molecule has 2 atom stereocenters. The summed E-state index contributed by atoms with van der Waals surface area (Å²) in [7, 11) is 1.26. The van der Waals surface area contributed by atoms with Crippen molar-refractivity contribution in [3.05, 3.63) is 23.9 Å². The highest BCUT2D eigenvalue weighted by molar-refractivity contribution is 6.00. The van der Waals surface area contributed by atoms with Crippen LogP contribution in [-0.2, 0) is 19.1 Å². The van der Waals surface area contributed by atoms with E-state index in [-0.39, 0.29) is 17.6 Å². The fourth-order valence-corrected chi connectivity index (χ4v) is 2.13. The van der Waals surface area contributed by atoms with E-state index in [0.29, 0.717) is 18.4 Å². The van der Waals surface area contributed by atoms with Crippen molar-refractivity contribution in [3.8, 4) is 0 Å². The number of nitrogens with zero attached hydrogens (tertiary/aromatic N) is 1. The first-order chi connectivity index (χ1) is 8.99. The third-order valence-corrected chi connectivity index (χ3v) is 2.97. The molecule has 19 heavy (non-hydrogen) atoms. The topological polar surface area (TPSA) is 75.7 Å². The van der Waals surface area contributed by atoms with Gasteiger partial charge in [-0.3, -0.25) is 14.5 Å².